The highest BCUT2D eigenvalue weighted by Gasteiger charge is 2.12. The maximum Gasteiger partial charge on any atom is 0.199 e. The lowest BCUT2D eigenvalue weighted by Gasteiger charge is -2.14. The minimum atomic E-state index is -0.0285. The van der Waals surface area contributed by atoms with Gasteiger partial charge in [0.15, 0.2) is 23.1 Å². The van der Waals surface area contributed by atoms with Crippen LogP contribution in [0.2, 0.25) is 0 Å². The Morgan fingerprint density at radius 1 is 0.950 bits per heavy atom. The highest BCUT2D eigenvalue weighted by Crippen LogP contribution is 2.07. The fourth-order valence-corrected chi connectivity index (χ4v) is 1.82. The van der Waals surface area contributed by atoms with Crippen molar-refractivity contribution in [3.05, 3.63) is 48.3 Å². The Hall–Kier alpha value is -2.14. The number of hydrogen-bond acceptors (Lipinski definition) is 5. The Bertz CT molecular complexity index is 492. The number of ketones is 2. The number of nitrogens with zero attached hydrogens (tertiary/aromatic N) is 1. The maximum absolute atomic E-state index is 11.7. The molecule has 5 heteroatoms. The molecule has 0 unspecified atom stereocenters. The van der Waals surface area contributed by atoms with Gasteiger partial charge in [-0.2, -0.15) is 0 Å². The van der Waals surface area contributed by atoms with Crippen molar-refractivity contribution in [1.29, 1.82) is 0 Å². The minimum Gasteiger partial charge on any atom is -0.461 e. The molecule has 2 rings (SSSR count). The minimum absolute atomic E-state index is 0.0285. The first-order valence-electron chi connectivity index (χ1n) is 6.49. The van der Waals surface area contributed by atoms with E-state index in [0.29, 0.717) is 37.5 Å². The molecule has 0 radical (unpaired) electrons. The monoisotopic (exact) mass is 275 g/mol. The summed E-state index contributed by atoms with van der Waals surface area (Å²) in [6, 6.07) is 6.70. The van der Waals surface area contributed by atoms with E-state index in [1.807, 2.05) is 11.9 Å². The van der Waals surface area contributed by atoms with Gasteiger partial charge >= 0.3 is 0 Å². The van der Waals surface area contributed by atoms with E-state index < -0.39 is 0 Å². The van der Waals surface area contributed by atoms with Crippen LogP contribution < -0.4 is 0 Å². The Morgan fingerprint density at radius 3 is 1.75 bits per heavy atom. The Labute approximate surface area is 117 Å². The van der Waals surface area contributed by atoms with E-state index in [9.17, 15) is 9.59 Å². The number of hydrogen-bond donors (Lipinski definition) is 0. The van der Waals surface area contributed by atoms with Crippen LogP contribution in [0.4, 0.5) is 0 Å². The van der Waals surface area contributed by atoms with E-state index in [0.717, 1.165) is 0 Å². The lowest BCUT2D eigenvalue weighted by atomic mass is 10.2. The largest absolute Gasteiger partial charge is 0.461 e. The van der Waals surface area contributed by atoms with Gasteiger partial charge in [0, 0.05) is 25.9 Å². The Kier molecular flexibility index (Phi) is 4.90. The number of Topliss-reactive ketones (excluding diaryl/α,β-unsaturated/α-hetero) is 2. The first kappa shape index (κ1) is 14.3. The summed E-state index contributed by atoms with van der Waals surface area (Å²) in [6.07, 6.45) is 3.72. The van der Waals surface area contributed by atoms with Crippen molar-refractivity contribution in [3.8, 4) is 0 Å². The summed E-state index contributed by atoms with van der Waals surface area (Å²) in [7, 11) is 1.88. The second-order valence-corrected chi connectivity index (χ2v) is 4.60. The molecule has 0 amide bonds. The summed E-state index contributed by atoms with van der Waals surface area (Å²) in [5, 5.41) is 0. The van der Waals surface area contributed by atoms with Crippen LogP contribution >= 0.6 is 0 Å². The summed E-state index contributed by atoms with van der Waals surface area (Å²) < 4.78 is 10.1. The summed E-state index contributed by atoms with van der Waals surface area (Å²) in [6.45, 7) is 1.18. The molecule has 106 valence electrons. The molecule has 0 aliphatic heterocycles. The predicted octanol–water partition coefficient (Wildman–Crippen LogP) is 2.65. The second-order valence-electron chi connectivity index (χ2n) is 4.60. The molecular formula is C15H17NO4. The number of furan rings is 2. The number of rotatable bonds is 8. The predicted molar refractivity (Wildman–Crippen MR) is 72.8 cm³/mol. The topological polar surface area (TPSA) is 63.7 Å². The fraction of sp³-hybridized carbons (Fsp3) is 0.333. The molecule has 0 N–H and O–H groups in total. The average Bonchev–Trinajstić information content (AvgIpc) is 3.14. The number of carbonyl (C=O) groups excluding carboxylic acids is 2. The van der Waals surface area contributed by atoms with Gasteiger partial charge in [0.05, 0.1) is 12.5 Å². The van der Waals surface area contributed by atoms with Gasteiger partial charge in [-0.1, -0.05) is 0 Å². The van der Waals surface area contributed by atoms with E-state index >= 15 is 0 Å². The van der Waals surface area contributed by atoms with Crippen molar-refractivity contribution in [3.63, 3.8) is 0 Å². The molecule has 2 aromatic rings. The third-order valence-corrected chi connectivity index (χ3v) is 3.03. The molecule has 0 aromatic carbocycles. The van der Waals surface area contributed by atoms with Crippen LogP contribution in [-0.2, 0) is 0 Å². The van der Waals surface area contributed by atoms with E-state index in [-0.39, 0.29) is 11.6 Å². The molecule has 0 fully saturated rings. The lowest BCUT2D eigenvalue weighted by molar-refractivity contribution is 0.0928. The Morgan fingerprint density at radius 2 is 1.40 bits per heavy atom. The van der Waals surface area contributed by atoms with Gasteiger partial charge in [0.2, 0.25) is 0 Å². The molecule has 20 heavy (non-hydrogen) atoms. The van der Waals surface area contributed by atoms with E-state index in [2.05, 4.69) is 0 Å². The van der Waals surface area contributed by atoms with Crippen molar-refractivity contribution < 1.29 is 18.4 Å². The van der Waals surface area contributed by atoms with Crippen LogP contribution in [-0.4, -0.2) is 36.6 Å². The SMILES string of the molecule is CN(CCC(=O)c1ccco1)CCC(=O)c1ccco1. The van der Waals surface area contributed by atoms with Gasteiger partial charge in [0.1, 0.15) is 0 Å². The molecule has 0 aliphatic rings. The number of carbonyl (C=O) groups is 2. The lowest BCUT2D eigenvalue weighted by Crippen LogP contribution is -2.24. The van der Waals surface area contributed by atoms with Crippen molar-refractivity contribution >= 4 is 11.6 Å². The standard InChI is InChI=1S/C15H17NO4/c1-16(8-6-12(17)14-4-2-10-19-14)9-7-13(18)15-5-3-11-20-15/h2-5,10-11H,6-9H2,1H3. The smallest absolute Gasteiger partial charge is 0.199 e. The zero-order valence-corrected chi connectivity index (χ0v) is 11.4. The molecule has 0 saturated heterocycles. The van der Waals surface area contributed by atoms with Crippen LogP contribution in [0.5, 0.6) is 0 Å². The van der Waals surface area contributed by atoms with E-state index in [4.69, 9.17) is 8.83 Å². The van der Waals surface area contributed by atoms with Gasteiger partial charge < -0.3 is 13.7 Å². The highest BCUT2D eigenvalue weighted by atomic mass is 16.3. The van der Waals surface area contributed by atoms with Crippen LogP contribution in [0.15, 0.2) is 45.6 Å². The third-order valence-electron chi connectivity index (χ3n) is 3.03. The highest BCUT2D eigenvalue weighted by molar-refractivity contribution is 5.94. The van der Waals surface area contributed by atoms with Gasteiger partial charge in [-0.15, -0.1) is 0 Å². The Balaban J connectivity index is 1.69. The van der Waals surface area contributed by atoms with Crippen LogP contribution in [0.1, 0.15) is 34.0 Å². The van der Waals surface area contributed by atoms with Gasteiger partial charge in [-0.05, 0) is 31.3 Å². The van der Waals surface area contributed by atoms with Crippen LogP contribution in [0.25, 0.3) is 0 Å². The quantitative estimate of drug-likeness (QED) is 0.693. The summed E-state index contributed by atoms with van der Waals surface area (Å²) in [5.41, 5.74) is 0. The summed E-state index contributed by atoms with van der Waals surface area (Å²) in [4.78, 5) is 25.4. The molecule has 0 atom stereocenters. The third kappa shape index (κ3) is 3.93. The molecule has 0 saturated carbocycles. The van der Waals surface area contributed by atoms with Crippen LogP contribution in [0, 0.1) is 0 Å². The molecule has 2 aromatic heterocycles. The summed E-state index contributed by atoms with van der Waals surface area (Å²) in [5.74, 6) is 0.702. The van der Waals surface area contributed by atoms with E-state index in [1.165, 1.54) is 12.5 Å². The first-order valence-corrected chi connectivity index (χ1v) is 6.49. The van der Waals surface area contributed by atoms with E-state index in [1.54, 1.807) is 24.3 Å². The van der Waals surface area contributed by atoms with Crippen LogP contribution in [0.3, 0.4) is 0 Å². The maximum atomic E-state index is 11.7. The van der Waals surface area contributed by atoms with Crippen molar-refractivity contribution in [2.75, 3.05) is 20.1 Å². The summed E-state index contributed by atoms with van der Waals surface area (Å²) >= 11 is 0. The molecular weight excluding hydrogens is 258 g/mol. The zero-order chi connectivity index (χ0) is 14.4. The van der Waals surface area contributed by atoms with Crippen molar-refractivity contribution in [2.24, 2.45) is 0 Å². The van der Waals surface area contributed by atoms with Gasteiger partial charge in [0.25, 0.3) is 0 Å². The molecule has 5 nitrogen and oxygen atoms in total. The first-order chi connectivity index (χ1) is 9.66. The van der Waals surface area contributed by atoms with Crippen molar-refractivity contribution in [2.45, 2.75) is 12.8 Å². The van der Waals surface area contributed by atoms with Crippen molar-refractivity contribution in [1.82, 2.24) is 4.90 Å². The second kappa shape index (κ2) is 6.86. The molecule has 0 aliphatic carbocycles. The molecule has 2 heterocycles. The zero-order valence-electron chi connectivity index (χ0n) is 11.4. The molecule has 0 spiro atoms. The van der Waals surface area contributed by atoms with Gasteiger partial charge in [-0.3, -0.25) is 9.59 Å². The normalized spacial score (nSPS) is 10.9. The fourth-order valence-electron chi connectivity index (χ4n) is 1.82. The average molecular weight is 275 g/mol. The molecule has 0 bridgehead atoms. The van der Waals surface area contributed by atoms with Gasteiger partial charge in [-0.25, -0.2) is 0 Å².